The number of aliphatic carboxylic acids is 2. The molecule has 5 heteroatoms. The summed E-state index contributed by atoms with van der Waals surface area (Å²) in [4.78, 5) is 23.8. The van der Waals surface area contributed by atoms with Crippen LogP contribution in [0.5, 0.6) is 0 Å². The lowest BCUT2D eigenvalue weighted by molar-refractivity contribution is -0.145. The van der Waals surface area contributed by atoms with Crippen LogP contribution in [0, 0.1) is 0 Å². The van der Waals surface area contributed by atoms with Gasteiger partial charge in [-0.15, -0.1) is 0 Å². The summed E-state index contributed by atoms with van der Waals surface area (Å²) < 4.78 is 0. The molecular formula is C14H19NO4. The van der Waals surface area contributed by atoms with Gasteiger partial charge in [0.05, 0.1) is 6.42 Å². The van der Waals surface area contributed by atoms with E-state index < -0.39 is 18.0 Å². The Morgan fingerprint density at radius 3 is 2.26 bits per heavy atom. The second kappa shape index (κ2) is 7.53. The van der Waals surface area contributed by atoms with Gasteiger partial charge in [-0.2, -0.15) is 0 Å². The van der Waals surface area contributed by atoms with E-state index in [1.165, 1.54) is 0 Å². The topological polar surface area (TPSA) is 77.8 Å². The maximum absolute atomic E-state index is 11.5. The van der Waals surface area contributed by atoms with Crippen LogP contribution in [0.2, 0.25) is 0 Å². The van der Waals surface area contributed by atoms with Crippen molar-refractivity contribution < 1.29 is 19.8 Å². The molecule has 1 unspecified atom stereocenters. The highest BCUT2D eigenvalue weighted by Gasteiger charge is 2.26. The second-order valence-electron chi connectivity index (χ2n) is 4.33. The molecule has 0 radical (unpaired) electrons. The van der Waals surface area contributed by atoms with E-state index in [4.69, 9.17) is 5.11 Å². The van der Waals surface area contributed by atoms with Gasteiger partial charge < -0.3 is 10.2 Å². The predicted octanol–water partition coefficient (Wildman–Crippen LogP) is 2.00. The number of nitrogens with zero attached hydrogens (tertiary/aromatic N) is 1. The van der Waals surface area contributed by atoms with E-state index in [1.54, 1.807) is 29.2 Å². The monoisotopic (exact) mass is 265 g/mol. The van der Waals surface area contributed by atoms with Gasteiger partial charge in [-0.3, -0.25) is 14.5 Å². The zero-order valence-corrected chi connectivity index (χ0v) is 11.0. The number of rotatable bonds is 8. The van der Waals surface area contributed by atoms with Crippen molar-refractivity contribution in [3.05, 3.63) is 35.9 Å². The van der Waals surface area contributed by atoms with Crippen molar-refractivity contribution in [2.75, 3.05) is 13.1 Å². The highest BCUT2D eigenvalue weighted by atomic mass is 16.4. The third-order valence-electron chi connectivity index (χ3n) is 2.84. The third-order valence-corrected chi connectivity index (χ3v) is 2.84. The molecular weight excluding hydrogens is 246 g/mol. The summed E-state index contributed by atoms with van der Waals surface area (Å²) in [6, 6.07) is 8.11. The van der Waals surface area contributed by atoms with Crippen LogP contribution in [-0.2, 0) is 9.59 Å². The lowest BCUT2D eigenvalue weighted by Gasteiger charge is -2.28. The summed E-state index contributed by atoms with van der Waals surface area (Å²) in [5, 5.41) is 18.1. The quantitative estimate of drug-likeness (QED) is 0.751. The molecule has 2 N–H and O–H groups in total. The highest BCUT2D eigenvalue weighted by molar-refractivity contribution is 5.75. The number of benzene rings is 1. The van der Waals surface area contributed by atoms with Gasteiger partial charge in [0.1, 0.15) is 6.04 Å². The van der Waals surface area contributed by atoms with Crippen molar-refractivity contribution in [1.82, 2.24) is 4.90 Å². The largest absolute Gasteiger partial charge is 0.481 e. The van der Waals surface area contributed by atoms with Crippen molar-refractivity contribution in [2.24, 2.45) is 0 Å². The van der Waals surface area contributed by atoms with Crippen molar-refractivity contribution in [2.45, 2.75) is 25.8 Å². The molecule has 0 aliphatic carbocycles. The fourth-order valence-corrected chi connectivity index (χ4v) is 2.04. The molecule has 0 fully saturated rings. The van der Waals surface area contributed by atoms with E-state index in [9.17, 15) is 14.7 Å². The van der Waals surface area contributed by atoms with Crippen LogP contribution >= 0.6 is 0 Å². The predicted molar refractivity (Wildman–Crippen MR) is 70.9 cm³/mol. The maximum Gasteiger partial charge on any atom is 0.325 e. The van der Waals surface area contributed by atoms with Gasteiger partial charge in [0, 0.05) is 6.54 Å². The molecule has 104 valence electrons. The molecule has 0 aliphatic rings. The van der Waals surface area contributed by atoms with Crippen LogP contribution in [0.3, 0.4) is 0 Å². The number of carbonyl (C=O) groups is 2. The van der Waals surface area contributed by atoms with E-state index in [2.05, 4.69) is 0 Å². The molecule has 1 aromatic carbocycles. The maximum atomic E-state index is 11.5. The van der Waals surface area contributed by atoms with Crippen LogP contribution in [0.1, 0.15) is 31.4 Å². The third kappa shape index (κ3) is 4.71. The molecule has 0 bridgehead atoms. The van der Waals surface area contributed by atoms with Crippen molar-refractivity contribution in [3.8, 4) is 0 Å². The average molecular weight is 265 g/mol. The lowest BCUT2D eigenvalue weighted by atomic mass is 10.0. The molecule has 1 aromatic rings. The Morgan fingerprint density at radius 2 is 1.79 bits per heavy atom. The molecule has 0 aliphatic heterocycles. The van der Waals surface area contributed by atoms with Crippen LogP contribution in [0.4, 0.5) is 0 Å². The Morgan fingerprint density at radius 1 is 1.16 bits per heavy atom. The van der Waals surface area contributed by atoms with Crippen LogP contribution in [0.25, 0.3) is 0 Å². The molecule has 0 saturated carbocycles. The minimum atomic E-state index is -0.954. The Balaban J connectivity index is 2.92. The second-order valence-corrected chi connectivity index (χ2v) is 4.33. The van der Waals surface area contributed by atoms with Crippen LogP contribution in [-0.4, -0.2) is 40.1 Å². The van der Waals surface area contributed by atoms with Gasteiger partial charge in [0.15, 0.2) is 0 Å². The van der Waals surface area contributed by atoms with Gasteiger partial charge in [0.25, 0.3) is 0 Å². The lowest BCUT2D eigenvalue weighted by Crippen LogP contribution is -2.36. The summed E-state index contributed by atoms with van der Waals surface area (Å²) >= 11 is 0. The molecule has 1 atom stereocenters. The number of carboxylic acid groups (broad SMARTS) is 2. The van der Waals surface area contributed by atoms with E-state index >= 15 is 0 Å². The molecule has 0 heterocycles. The standard InChI is InChI=1S/C14H19NO4/c1-2-9-15(10-8-12(16)17)13(14(18)19)11-6-4-3-5-7-11/h3-7,13H,2,8-10H2,1H3,(H,16,17)(H,18,19). The number of hydrogen-bond acceptors (Lipinski definition) is 3. The smallest absolute Gasteiger partial charge is 0.325 e. The first-order chi connectivity index (χ1) is 9.06. The highest BCUT2D eigenvalue weighted by Crippen LogP contribution is 2.21. The van der Waals surface area contributed by atoms with Crippen LogP contribution in [0.15, 0.2) is 30.3 Å². The van der Waals surface area contributed by atoms with Crippen molar-refractivity contribution in [1.29, 1.82) is 0 Å². The summed E-state index contributed by atoms with van der Waals surface area (Å²) in [5.74, 6) is -1.87. The Labute approximate surface area is 112 Å². The van der Waals surface area contributed by atoms with Gasteiger partial charge >= 0.3 is 11.9 Å². The van der Waals surface area contributed by atoms with E-state index in [0.29, 0.717) is 12.1 Å². The fourth-order valence-electron chi connectivity index (χ4n) is 2.04. The van der Waals surface area contributed by atoms with E-state index in [-0.39, 0.29) is 13.0 Å². The first-order valence-electron chi connectivity index (χ1n) is 6.29. The Kier molecular flexibility index (Phi) is 6.02. The first-order valence-corrected chi connectivity index (χ1v) is 6.29. The van der Waals surface area contributed by atoms with E-state index in [1.807, 2.05) is 13.0 Å². The summed E-state index contributed by atoms with van der Waals surface area (Å²) in [7, 11) is 0. The molecule has 0 saturated heterocycles. The number of hydrogen-bond donors (Lipinski definition) is 2. The Bertz CT molecular complexity index is 419. The Hall–Kier alpha value is -1.88. The van der Waals surface area contributed by atoms with Gasteiger partial charge in [0.2, 0.25) is 0 Å². The molecule has 0 amide bonds. The molecule has 5 nitrogen and oxygen atoms in total. The van der Waals surface area contributed by atoms with Gasteiger partial charge in [-0.1, -0.05) is 37.3 Å². The van der Waals surface area contributed by atoms with Crippen LogP contribution < -0.4 is 0 Å². The fraction of sp³-hybridized carbons (Fsp3) is 0.429. The SMILES string of the molecule is CCCN(CCC(=O)O)C(C(=O)O)c1ccccc1. The summed E-state index contributed by atoms with van der Waals surface area (Å²) in [6.07, 6.45) is 0.715. The van der Waals surface area contributed by atoms with Crippen molar-refractivity contribution in [3.63, 3.8) is 0 Å². The molecule has 1 rings (SSSR count). The molecule has 19 heavy (non-hydrogen) atoms. The normalized spacial score (nSPS) is 12.3. The summed E-state index contributed by atoms with van der Waals surface area (Å²) in [5.41, 5.74) is 0.675. The average Bonchev–Trinajstić information content (AvgIpc) is 2.37. The summed E-state index contributed by atoms with van der Waals surface area (Å²) in [6.45, 7) is 2.73. The minimum Gasteiger partial charge on any atom is -0.481 e. The zero-order chi connectivity index (χ0) is 14.3. The van der Waals surface area contributed by atoms with Crippen molar-refractivity contribution >= 4 is 11.9 Å². The number of carboxylic acids is 2. The van der Waals surface area contributed by atoms with Gasteiger partial charge in [-0.05, 0) is 18.5 Å². The van der Waals surface area contributed by atoms with Gasteiger partial charge in [-0.25, -0.2) is 0 Å². The first kappa shape index (κ1) is 15.2. The zero-order valence-electron chi connectivity index (χ0n) is 11.0. The minimum absolute atomic E-state index is 0.0589. The molecule has 0 spiro atoms. The molecule has 0 aromatic heterocycles. The van der Waals surface area contributed by atoms with E-state index in [0.717, 1.165) is 6.42 Å².